The second-order valence-corrected chi connectivity index (χ2v) is 4.79. The highest BCUT2D eigenvalue weighted by molar-refractivity contribution is 6.34. The van der Waals surface area contributed by atoms with Crippen LogP contribution in [0.25, 0.3) is 21.9 Å². The fraction of sp³-hybridized carbons (Fsp3) is 0. The van der Waals surface area contributed by atoms with E-state index in [-0.39, 0.29) is 5.82 Å². The second kappa shape index (κ2) is 4.56. The number of nitrogen functional groups attached to an aromatic ring is 1. The molecule has 94 valence electrons. The first-order chi connectivity index (χ1) is 9.16. The van der Waals surface area contributed by atoms with Gasteiger partial charge in [-0.1, -0.05) is 48.0 Å². The maximum absolute atomic E-state index is 13.8. The molecule has 3 aromatic rings. The fourth-order valence-electron chi connectivity index (χ4n) is 2.25. The molecule has 0 aliphatic carbocycles. The van der Waals surface area contributed by atoms with Gasteiger partial charge in [-0.15, -0.1) is 0 Å². The van der Waals surface area contributed by atoms with Crippen molar-refractivity contribution in [2.45, 2.75) is 0 Å². The molecular formula is C16H11ClFN. The Morgan fingerprint density at radius 1 is 0.842 bits per heavy atom. The summed E-state index contributed by atoms with van der Waals surface area (Å²) in [6, 6.07) is 15.9. The van der Waals surface area contributed by atoms with Crippen molar-refractivity contribution in [3.8, 4) is 11.1 Å². The molecule has 0 bridgehead atoms. The Balaban J connectivity index is 2.34. The number of fused-ring (bicyclic) bond motifs is 1. The van der Waals surface area contributed by atoms with E-state index in [0.29, 0.717) is 16.1 Å². The van der Waals surface area contributed by atoms with Crippen LogP contribution in [0.15, 0.2) is 54.6 Å². The zero-order valence-corrected chi connectivity index (χ0v) is 10.8. The molecule has 0 atom stereocenters. The van der Waals surface area contributed by atoms with Crippen LogP contribution < -0.4 is 5.73 Å². The predicted octanol–water partition coefficient (Wildman–Crippen LogP) is 4.88. The molecule has 2 N–H and O–H groups in total. The molecule has 3 rings (SSSR count). The number of halogens is 2. The quantitative estimate of drug-likeness (QED) is 0.627. The predicted molar refractivity (Wildman–Crippen MR) is 78.8 cm³/mol. The van der Waals surface area contributed by atoms with Crippen molar-refractivity contribution in [3.63, 3.8) is 0 Å². The number of hydrogen-bond donors (Lipinski definition) is 1. The van der Waals surface area contributed by atoms with Crippen molar-refractivity contribution in [3.05, 3.63) is 65.4 Å². The molecule has 3 aromatic carbocycles. The van der Waals surface area contributed by atoms with Crippen molar-refractivity contribution < 1.29 is 4.39 Å². The third-order valence-electron chi connectivity index (χ3n) is 3.15. The molecule has 0 spiro atoms. The van der Waals surface area contributed by atoms with Gasteiger partial charge in [0, 0.05) is 16.6 Å². The minimum absolute atomic E-state index is 0.231. The lowest BCUT2D eigenvalue weighted by Gasteiger charge is -2.10. The summed E-state index contributed by atoms with van der Waals surface area (Å²) in [7, 11) is 0. The Labute approximate surface area is 115 Å². The molecule has 0 radical (unpaired) electrons. The van der Waals surface area contributed by atoms with Crippen LogP contribution in [0, 0.1) is 5.82 Å². The fourth-order valence-corrected chi connectivity index (χ4v) is 2.54. The maximum Gasteiger partial charge on any atom is 0.131 e. The average molecular weight is 272 g/mol. The minimum Gasteiger partial charge on any atom is -0.399 e. The maximum atomic E-state index is 13.8. The minimum atomic E-state index is -0.231. The molecule has 0 amide bonds. The van der Waals surface area contributed by atoms with Gasteiger partial charge in [-0.25, -0.2) is 4.39 Å². The molecule has 3 heteroatoms. The largest absolute Gasteiger partial charge is 0.399 e. The van der Waals surface area contributed by atoms with E-state index < -0.39 is 0 Å². The lowest BCUT2D eigenvalue weighted by atomic mass is 9.98. The van der Waals surface area contributed by atoms with Crippen LogP contribution in [0.2, 0.25) is 5.02 Å². The highest BCUT2D eigenvalue weighted by Crippen LogP contribution is 2.35. The van der Waals surface area contributed by atoms with Gasteiger partial charge >= 0.3 is 0 Å². The van der Waals surface area contributed by atoms with Crippen molar-refractivity contribution in [2.24, 2.45) is 0 Å². The highest BCUT2D eigenvalue weighted by atomic mass is 35.5. The Morgan fingerprint density at radius 3 is 2.26 bits per heavy atom. The molecule has 0 unspecified atom stereocenters. The van der Waals surface area contributed by atoms with E-state index in [1.807, 2.05) is 24.3 Å². The van der Waals surface area contributed by atoms with Crippen LogP contribution in [0.5, 0.6) is 0 Å². The molecule has 0 saturated carbocycles. The first-order valence-corrected chi connectivity index (χ1v) is 6.27. The summed E-state index contributed by atoms with van der Waals surface area (Å²) in [5, 5.41) is 2.00. The van der Waals surface area contributed by atoms with Gasteiger partial charge in [-0.3, -0.25) is 0 Å². The highest BCUT2D eigenvalue weighted by Gasteiger charge is 2.10. The molecule has 0 heterocycles. The summed E-state index contributed by atoms with van der Waals surface area (Å²) in [5.41, 5.74) is 8.07. The number of hydrogen-bond acceptors (Lipinski definition) is 1. The van der Waals surface area contributed by atoms with Gasteiger partial charge in [0.15, 0.2) is 0 Å². The van der Waals surface area contributed by atoms with E-state index in [4.69, 9.17) is 17.3 Å². The third kappa shape index (κ3) is 2.04. The van der Waals surface area contributed by atoms with Gasteiger partial charge in [-0.05, 0) is 29.1 Å². The van der Waals surface area contributed by atoms with Crippen LogP contribution >= 0.6 is 11.6 Å². The number of benzene rings is 3. The molecule has 1 nitrogen and oxygen atoms in total. The summed E-state index contributed by atoms with van der Waals surface area (Å²) in [6.45, 7) is 0. The van der Waals surface area contributed by atoms with Crippen LogP contribution in [0.1, 0.15) is 0 Å². The van der Waals surface area contributed by atoms with Crippen LogP contribution in [0.4, 0.5) is 10.1 Å². The molecule has 0 aromatic heterocycles. The molecular weight excluding hydrogens is 261 g/mol. The first-order valence-electron chi connectivity index (χ1n) is 5.89. The van der Waals surface area contributed by atoms with Crippen LogP contribution in [-0.4, -0.2) is 0 Å². The van der Waals surface area contributed by atoms with Crippen molar-refractivity contribution in [1.82, 2.24) is 0 Å². The van der Waals surface area contributed by atoms with Crippen molar-refractivity contribution in [1.29, 1.82) is 0 Å². The number of nitrogens with two attached hydrogens (primary N) is 1. The lowest BCUT2D eigenvalue weighted by Crippen LogP contribution is -1.88. The SMILES string of the molecule is Nc1ccc(-c2ccc(F)c3ccccc23)c(Cl)c1. The Hall–Kier alpha value is -2.06. The van der Waals surface area contributed by atoms with E-state index in [1.165, 1.54) is 6.07 Å². The summed E-state index contributed by atoms with van der Waals surface area (Å²) in [4.78, 5) is 0. The van der Waals surface area contributed by atoms with Crippen molar-refractivity contribution in [2.75, 3.05) is 5.73 Å². The van der Waals surface area contributed by atoms with Crippen LogP contribution in [0.3, 0.4) is 0 Å². The summed E-state index contributed by atoms with van der Waals surface area (Å²) in [6.07, 6.45) is 0. The van der Waals surface area contributed by atoms with Gasteiger partial charge in [0.05, 0.1) is 5.02 Å². The van der Waals surface area contributed by atoms with E-state index >= 15 is 0 Å². The van der Waals surface area contributed by atoms with E-state index in [9.17, 15) is 4.39 Å². The summed E-state index contributed by atoms with van der Waals surface area (Å²) in [5.74, 6) is -0.231. The standard InChI is InChI=1S/C16H11ClFN/c17-15-9-10(19)5-6-13(15)12-7-8-16(18)14-4-2-1-3-11(12)14/h1-9H,19H2. The Bertz CT molecular complexity index is 768. The zero-order chi connectivity index (χ0) is 13.4. The number of anilines is 1. The summed E-state index contributed by atoms with van der Waals surface area (Å²) < 4.78 is 13.8. The topological polar surface area (TPSA) is 26.0 Å². The number of rotatable bonds is 1. The van der Waals surface area contributed by atoms with Gasteiger partial charge in [0.1, 0.15) is 5.82 Å². The molecule has 19 heavy (non-hydrogen) atoms. The normalized spacial score (nSPS) is 10.8. The van der Waals surface area contributed by atoms with Gasteiger partial charge in [-0.2, -0.15) is 0 Å². The Kier molecular flexibility index (Phi) is 2.88. The van der Waals surface area contributed by atoms with Gasteiger partial charge < -0.3 is 5.73 Å². The van der Waals surface area contributed by atoms with Gasteiger partial charge in [0.2, 0.25) is 0 Å². The first kappa shape index (κ1) is 12.0. The Morgan fingerprint density at radius 2 is 1.53 bits per heavy atom. The molecule has 0 fully saturated rings. The van der Waals surface area contributed by atoms with Crippen molar-refractivity contribution >= 4 is 28.1 Å². The second-order valence-electron chi connectivity index (χ2n) is 4.38. The average Bonchev–Trinajstić information content (AvgIpc) is 2.41. The third-order valence-corrected chi connectivity index (χ3v) is 3.47. The smallest absolute Gasteiger partial charge is 0.131 e. The zero-order valence-electron chi connectivity index (χ0n) is 10.0. The van der Waals surface area contributed by atoms with E-state index in [0.717, 1.165) is 16.5 Å². The molecule has 0 aliphatic heterocycles. The van der Waals surface area contributed by atoms with E-state index in [2.05, 4.69) is 0 Å². The summed E-state index contributed by atoms with van der Waals surface area (Å²) >= 11 is 6.23. The van der Waals surface area contributed by atoms with Gasteiger partial charge in [0.25, 0.3) is 0 Å². The molecule has 0 aliphatic rings. The van der Waals surface area contributed by atoms with E-state index in [1.54, 1.807) is 24.3 Å². The van der Waals surface area contributed by atoms with Crippen LogP contribution in [-0.2, 0) is 0 Å². The lowest BCUT2D eigenvalue weighted by molar-refractivity contribution is 0.640. The molecule has 0 saturated heterocycles. The monoisotopic (exact) mass is 271 g/mol.